The molecule has 0 fully saturated rings. The first-order valence-corrected chi connectivity index (χ1v) is 11.8. The van der Waals surface area contributed by atoms with Crippen LogP contribution in [0.3, 0.4) is 0 Å². The minimum Gasteiger partial charge on any atom is -0.507 e. The number of aldehydes is 1. The topological polar surface area (TPSA) is 290 Å². The van der Waals surface area contributed by atoms with Gasteiger partial charge in [0, 0.05) is 5.56 Å². The van der Waals surface area contributed by atoms with Gasteiger partial charge in [0.25, 0.3) is 0 Å². The Morgan fingerprint density at radius 2 is 1.53 bits per heavy atom. The predicted molar refractivity (Wildman–Crippen MR) is 158 cm³/mol. The number of methoxy groups -OCH3 is 1. The van der Waals surface area contributed by atoms with Crippen LogP contribution in [0.2, 0.25) is 5.15 Å². The molecule has 0 saturated carbocycles. The Morgan fingerprint density at radius 1 is 0.953 bits per heavy atom. The van der Waals surface area contributed by atoms with Crippen LogP contribution >= 0.6 is 24.0 Å². The number of aromatic hydroxyl groups is 2. The molecule has 230 valence electrons. The molecule has 43 heavy (non-hydrogen) atoms. The van der Waals surface area contributed by atoms with Crippen LogP contribution in [-0.4, -0.2) is 62.5 Å². The van der Waals surface area contributed by atoms with E-state index in [2.05, 4.69) is 15.0 Å². The largest absolute Gasteiger partial charge is 0.507 e. The second kappa shape index (κ2) is 14.5. The number of nitrogen functional groups attached to an aromatic ring is 2. The van der Waals surface area contributed by atoms with Gasteiger partial charge in [-0.05, 0) is 44.0 Å². The molecule has 0 radical (unpaired) electrons. The van der Waals surface area contributed by atoms with Crippen LogP contribution in [0.25, 0.3) is 0 Å². The summed E-state index contributed by atoms with van der Waals surface area (Å²) < 4.78 is 10.3. The van der Waals surface area contributed by atoms with Crippen LogP contribution in [0.5, 0.6) is 23.0 Å². The van der Waals surface area contributed by atoms with Crippen molar-refractivity contribution in [2.75, 3.05) is 18.6 Å². The Kier molecular flexibility index (Phi) is 12.0. The van der Waals surface area contributed by atoms with Gasteiger partial charge >= 0.3 is 17.8 Å². The molecule has 0 aliphatic heterocycles. The monoisotopic (exact) mass is 639 g/mol. The van der Waals surface area contributed by atoms with Crippen LogP contribution in [0.4, 0.5) is 11.6 Å². The maximum atomic E-state index is 12.6. The lowest BCUT2D eigenvalue weighted by Crippen LogP contribution is -2.24. The molecule has 0 bridgehead atoms. The highest BCUT2D eigenvalue weighted by Gasteiger charge is 2.26. The zero-order chi connectivity index (χ0) is 32.0. The number of hydrogen-bond acceptors (Lipinski definition) is 12. The first-order chi connectivity index (χ1) is 19.5. The van der Waals surface area contributed by atoms with Crippen molar-refractivity contribution in [1.29, 1.82) is 0 Å². The summed E-state index contributed by atoms with van der Waals surface area (Å²) in [5.74, 6) is -4.88. The predicted octanol–water partition coefficient (Wildman–Crippen LogP) is 1.89. The molecule has 11 N–H and O–H groups in total. The van der Waals surface area contributed by atoms with Crippen molar-refractivity contribution in [2.45, 2.75) is 20.8 Å². The summed E-state index contributed by atoms with van der Waals surface area (Å²) in [6, 6.07) is 2.71. The second-order valence-corrected chi connectivity index (χ2v) is 8.72. The Labute approximate surface area is 254 Å². The lowest BCUT2D eigenvalue weighted by Gasteiger charge is -2.16. The average molecular weight is 640 g/mol. The number of esters is 1. The van der Waals surface area contributed by atoms with Gasteiger partial charge in [0.2, 0.25) is 0 Å². The molecule has 1 aromatic heterocycles. The van der Waals surface area contributed by atoms with E-state index in [0.29, 0.717) is 11.8 Å². The van der Waals surface area contributed by atoms with E-state index < -0.39 is 35.3 Å². The highest BCUT2D eigenvalue weighted by molar-refractivity contribution is 6.31. The number of aromatic carboxylic acids is 1. The van der Waals surface area contributed by atoms with Crippen LogP contribution in [0.1, 0.15) is 58.3 Å². The Morgan fingerprint density at radius 3 is 2.05 bits per heavy atom. The molecular formula is C25H27Cl2N7O9. The van der Waals surface area contributed by atoms with Crippen molar-refractivity contribution in [2.24, 2.45) is 16.5 Å². The quantitative estimate of drug-likeness (QED) is 0.0665. The van der Waals surface area contributed by atoms with Crippen LogP contribution in [0.15, 0.2) is 17.1 Å². The Hall–Kier alpha value is -5.35. The number of carboxylic acid groups (broad SMARTS) is 1. The van der Waals surface area contributed by atoms with Crippen molar-refractivity contribution >= 4 is 65.7 Å². The summed E-state index contributed by atoms with van der Waals surface area (Å²) in [6.45, 7) is 4.35. The van der Waals surface area contributed by atoms with Gasteiger partial charge in [-0.3, -0.25) is 9.59 Å². The number of benzene rings is 2. The lowest BCUT2D eigenvalue weighted by atomic mass is 10.0. The van der Waals surface area contributed by atoms with Gasteiger partial charge in [0.05, 0.1) is 12.7 Å². The molecule has 1 amide bonds. The normalized spacial score (nSPS) is 9.88. The van der Waals surface area contributed by atoms with Crippen LogP contribution < -0.4 is 32.4 Å². The minimum atomic E-state index is -1.38. The summed E-state index contributed by atoms with van der Waals surface area (Å²) in [5.41, 5.74) is 20.2. The number of nitrogens with two attached hydrogens (primary N) is 4. The number of carbonyl (C=O) groups excluding carboxylic acids is 3. The summed E-state index contributed by atoms with van der Waals surface area (Å²) in [4.78, 5) is 56.9. The molecule has 0 aliphatic rings. The van der Waals surface area contributed by atoms with Crippen LogP contribution in [0, 0.1) is 20.8 Å². The zero-order valence-electron chi connectivity index (χ0n) is 23.0. The third-order valence-electron chi connectivity index (χ3n) is 5.50. The number of carboxylic acids is 1. The van der Waals surface area contributed by atoms with E-state index in [4.69, 9.17) is 44.0 Å². The molecule has 1 heterocycles. The zero-order valence-corrected chi connectivity index (χ0v) is 24.5. The number of guanidine groups is 1. The number of aromatic nitrogens is 2. The molecule has 0 saturated heterocycles. The second-order valence-electron chi connectivity index (χ2n) is 8.36. The molecule has 16 nitrogen and oxygen atoms in total. The van der Waals surface area contributed by atoms with E-state index in [1.165, 1.54) is 40.0 Å². The van der Waals surface area contributed by atoms with E-state index in [1.54, 1.807) is 0 Å². The van der Waals surface area contributed by atoms with E-state index in [1.807, 2.05) is 0 Å². The van der Waals surface area contributed by atoms with Gasteiger partial charge in [-0.25, -0.2) is 19.6 Å². The van der Waals surface area contributed by atoms with Gasteiger partial charge in [-0.1, -0.05) is 11.6 Å². The van der Waals surface area contributed by atoms with Gasteiger partial charge in [-0.15, -0.1) is 12.4 Å². The molecule has 3 rings (SSSR count). The third-order valence-corrected chi connectivity index (χ3v) is 5.78. The van der Waals surface area contributed by atoms with E-state index >= 15 is 0 Å². The number of anilines is 2. The average Bonchev–Trinajstić information content (AvgIpc) is 2.88. The van der Waals surface area contributed by atoms with Crippen molar-refractivity contribution in [1.82, 2.24) is 9.97 Å². The summed E-state index contributed by atoms with van der Waals surface area (Å²) in [6.07, 6.45) is 0.350. The fourth-order valence-electron chi connectivity index (χ4n) is 3.48. The molecule has 0 atom stereocenters. The van der Waals surface area contributed by atoms with Gasteiger partial charge in [0.15, 0.2) is 34.7 Å². The molecule has 18 heteroatoms. The lowest BCUT2D eigenvalue weighted by molar-refractivity contribution is 0.0681. The van der Waals surface area contributed by atoms with E-state index in [-0.39, 0.29) is 74.2 Å². The highest BCUT2D eigenvalue weighted by Crippen LogP contribution is 2.36. The SMILES string of the molecule is COc1cc(C)c(C(=O)Oc2cc(C)c(O)c(C(=O)O)c2C)c(O)c1C=O.Cl.NC(N)=NC(=O)c1nc(Cl)c(N)nc1N. The number of phenols is 2. The van der Waals surface area contributed by atoms with Gasteiger partial charge < -0.3 is 47.7 Å². The molecular weight excluding hydrogens is 613 g/mol. The molecule has 2 aromatic carbocycles. The fraction of sp³-hybridized carbons (Fsp3) is 0.160. The van der Waals surface area contributed by atoms with Crippen molar-refractivity contribution in [3.63, 3.8) is 0 Å². The summed E-state index contributed by atoms with van der Waals surface area (Å²) >= 11 is 5.55. The van der Waals surface area contributed by atoms with Crippen molar-refractivity contribution < 1.29 is 44.0 Å². The first-order valence-electron chi connectivity index (χ1n) is 11.4. The maximum Gasteiger partial charge on any atom is 0.347 e. The number of hydrogen-bond donors (Lipinski definition) is 7. The number of amides is 1. The summed E-state index contributed by atoms with van der Waals surface area (Å²) in [5, 5.41) is 29.3. The van der Waals surface area contributed by atoms with E-state index in [9.17, 15) is 34.5 Å². The fourth-order valence-corrected chi connectivity index (χ4v) is 3.61. The number of nitrogens with zero attached hydrogens (tertiary/aromatic N) is 3. The number of halogens is 2. The number of carbonyl (C=O) groups is 4. The Balaban J connectivity index is 0.000000491. The van der Waals surface area contributed by atoms with E-state index in [0.717, 1.165) is 0 Å². The van der Waals surface area contributed by atoms with Gasteiger partial charge in [-0.2, -0.15) is 4.99 Å². The van der Waals surface area contributed by atoms with Crippen LogP contribution in [-0.2, 0) is 0 Å². The first kappa shape index (κ1) is 35.7. The van der Waals surface area contributed by atoms with Crippen molar-refractivity contribution in [3.8, 4) is 23.0 Å². The molecule has 0 unspecified atom stereocenters. The highest BCUT2D eigenvalue weighted by atomic mass is 35.5. The summed E-state index contributed by atoms with van der Waals surface area (Å²) in [7, 11) is 1.31. The number of aliphatic imine (C=N–C) groups is 1. The smallest absolute Gasteiger partial charge is 0.347 e. The number of phenolic OH excluding ortho intramolecular Hbond substituents is 1. The standard InChI is InChI=1S/C19H18O8.C6H8ClN7O.ClH/c1-8-5-13(26-4)11(7-20)17(22)14(8)19(25)27-12-6-9(2)16(21)15(10(12)3)18(23)24;7-2-4(9)13-3(8)1(12-2)5(15)14-6(10)11;/h5-7,21-22H,1-4H3,(H,23,24);(H4,8,9,13)(H4,10,11,14,15);1H. The number of rotatable bonds is 6. The minimum absolute atomic E-state index is 0. The van der Waals surface area contributed by atoms with Gasteiger partial charge in [0.1, 0.15) is 34.1 Å². The Bertz CT molecular complexity index is 1640. The molecule has 0 aliphatic carbocycles. The van der Waals surface area contributed by atoms with Crippen molar-refractivity contribution in [3.05, 3.63) is 56.4 Å². The number of aryl methyl sites for hydroxylation is 2. The maximum absolute atomic E-state index is 12.6. The third kappa shape index (κ3) is 7.90. The molecule has 3 aromatic rings. The molecule has 0 spiro atoms. The number of ether oxygens (including phenoxy) is 2.